The van der Waals surface area contributed by atoms with Gasteiger partial charge >= 0.3 is 0 Å². The molecule has 4 rings (SSSR count). The van der Waals surface area contributed by atoms with Crippen molar-refractivity contribution in [2.45, 2.75) is 6.42 Å². The van der Waals surface area contributed by atoms with E-state index in [1.807, 2.05) is 12.3 Å². The maximum absolute atomic E-state index is 4.73. The van der Waals surface area contributed by atoms with Crippen molar-refractivity contribution in [2.24, 2.45) is 4.99 Å². The van der Waals surface area contributed by atoms with Gasteiger partial charge in [-0.15, -0.1) is 0 Å². The Morgan fingerprint density at radius 2 is 2.12 bits per heavy atom. The lowest BCUT2D eigenvalue weighted by atomic mass is 10.0. The smallest absolute Gasteiger partial charge is 0.0807 e. The van der Waals surface area contributed by atoms with E-state index in [4.69, 9.17) is 4.99 Å². The van der Waals surface area contributed by atoms with Crippen LogP contribution in [0.2, 0.25) is 0 Å². The molecule has 0 unspecified atom stereocenters. The van der Waals surface area contributed by atoms with Crippen molar-refractivity contribution in [3.05, 3.63) is 65.0 Å². The van der Waals surface area contributed by atoms with Gasteiger partial charge in [0, 0.05) is 16.8 Å². The number of aromatic nitrogens is 1. The highest BCUT2D eigenvalue weighted by Gasteiger charge is 2.14. The van der Waals surface area contributed by atoms with Crippen LogP contribution >= 0.6 is 0 Å². The van der Waals surface area contributed by atoms with Gasteiger partial charge in [-0.25, -0.2) is 4.99 Å². The molecule has 1 aliphatic carbocycles. The first-order chi connectivity index (χ1) is 8.43. The van der Waals surface area contributed by atoms with Crippen molar-refractivity contribution in [2.75, 3.05) is 0 Å². The Morgan fingerprint density at radius 1 is 1.12 bits per heavy atom. The zero-order chi connectivity index (χ0) is 11.2. The summed E-state index contributed by atoms with van der Waals surface area (Å²) in [6.07, 6.45) is 9.14. The van der Waals surface area contributed by atoms with E-state index in [0.717, 1.165) is 28.4 Å². The zero-order valence-electron chi connectivity index (χ0n) is 9.22. The average molecular weight is 218 g/mol. The molecule has 0 saturated carbocycles. The molecule has 2 aromatic rings. The first-order valence-corrected chi connectivity index (χ1v) is 5.76. The Labute approximate surface area is 98.3 Å². The average Bonchev–Trinajstić information content (AvgIpc) is 2.78. The van der Waals surface area contributed by atoms with Crippen LogP contribution < -0.4 is 10.6 Å². The molecule has 0 radical (unpaired) electrons. The standard InChI is InChI=1S/C15H10N2/c1-2-6-14-10(4-1)11-7-8-13-12(15(11)17-14)5-3-9-16-13/h1-3,5-9H,4H2. The minimum atomic E-state index is 0.980. The van der Waals surface area contributed by atoms with Crippen LogP contribution in [0.15, 0.2) is 59.4 Å². The summed E-state index contributed by atoms with van der Waals surface area (Å²) in [4.78, 5) is 9.11. The van der Waals surface area contributed by atoms with Gasteiger partial charge in [0.15, 0.2) is 0 Å². The highest BCUT2D eigenvalue weighted by atomic mass is 14.8. The van der Waals surface area contributed by atoms with Crippen LogP contribution in [-0.2, 0) is 0 Å². The monoisotopic (exact) mass is 218 g/mol. The summed E-state index contributed by atoms with van der Waals surface area (Å²) in [5.41, 5.74) is 3.47. The Bertz CT molecular complexity index is 810. The quantitative estimate of drug-likeness (QED) is 0.662. The summed E-state index contributed by atoms with van der Waals surface area (Å²) in [7, 11) is 0. The summed E-state index contributed by atoms with van der Waals surface area (Å²) in [6, 6.07) is 8.29. The van der Waals surface area contributed by atoms with Gasteiger partial charge in [0.05, 0.1) is 16.6 Å². The lowest BCUT2D eigenvalue weighted by Gasteiger charge is -2.03. The first kappa shape index (κ1) is 8.88. The number of allylic oxidation sites excluding steroid dienone is 4. The molecule has 80 valence electrons. The molecule has 0 fully saturated rings. The number of rotatable bonds is 0. The van der Waals surface area contributed by atoms with Gasteiger partial charge in [-0.3, -0.25) is 4.98 Å². The Morgan fingerprint density at radius 3 is 3.12 bits per heavy atom. The van der Waals surface area contributed by atoms with Crippen molar-refractivity contribution in [3.63, 3.8) is 0 Å². The molecule has 0 amide bonds. The molecular formula is C15H10N2. The third kappa shape index (κ3) is 1.15. The predicted octanol–water partition coefficient (Wildman–Crippen LogP) is 1.86. The van der Waals surface area contributed by atoms with E-state index in [0.29, 0.717) is 0 Å². The maximum Gasteiger partial charge on any atom is 0.0807 e. The van der Waals surface area contributed by atoms with Crippen molar-refractivity contribution >= 4 is 16.5 Å². The highest BCUT2D eigenvalue weighted by molar-refractivity contribution is 5.81. The number of fused-ring (bicyclic) bond motifs is 4. The fraction of sp³-hybridized carbons (Fsp3) is 0.0667. The summed E-state index contributed by atoms with van der Waals surface area (Å²) in [5, 5.41) is 3.49. The molecule has 0 bridgehead atoms. The fourth-order valence-electron chi connectivity index (χ4n) is 2.52. The highest BCUT2D eigenvalue weighted by Crippen LogP contribution is 2.22. The van der Waals surface area contributed by atoms with Gasteiger partial charge in [-0.05, 0) is 36.3 Å². The van der Waals surface area contributed by atoms with E-state index < -0.39 is 0 Å². The lowest BCUT2D eigenvalue weighted by Crippen LogP contribution is -2.23. The number of hydrogen-bond donors (Lipinski definition) is 0. The lowest BCUT2D eigenvalue weighted by molar-refractivity contribution is 1.28. The minimum absolute atomic E-state index is 0.980. The van der Waals surface area contributed by atoms with Crippen LogP contribution in [0.3, 0.4) is 0 Å². The Hall–Kier alpha value is -2.22. The topological polar surface area (TPSA) is 25.2 Å². The molecule has 0 spiro atoms. The second kappa shape index (κ2) is 3.14. The molecule has 2 heteroatoms. The van der Waals surface area contributed by atoms with Gasteiger partial charge in [0.1, 0.15) is 0 Å². The third-order valence-electron chi connectivity index (χ3n) is 3.34. The summed E-state index contributed by atoms with van der Waals surface area (Å²) >= 11 is 0. The first-order valence-electron chi connectivity index (χ1n) is 5.76. The predicted molar refractivity (Wildman–Crippen MR) is 67.8 cm³/mol. The van der Waals surface area contributed by atoms with Crippen LogP contribution in [0.4, 0.5) is 0 Å². The molecular weight excluding hydrogens is 208 g/mol. The molecule has 2 nitrogen and oxygen atoms in total. The number of nitrogens with zero attached hydrogens (tertiary/aromatic N) is 2. The van der Waals surface area contributed by atoms with E-state index in [1.165, 1.54) is 10.8 Å². The van der Waals surface area contributed by atoms with E-state index in [9.17, 15) is 0 Å². The van der Waals surface area contributed by atoms with Gasteiger partial charge in [-0.2, -0.15) is 0 Å². The Kier molecular flexibility index (Phi) is 1.64. The Balaban J connectivity index is 2.25. The van der Waals surface area contributed by atoms with Crippen LogP contribution in [0.25, 0.3) is 16.5 Å². The van der Waals surface area contributed by atoms with Crippen LogP contribution in [0, 0.1) is 0 Å². The van der Waals surface area contributed by atoms with Gasteiger partial charge in [0.2, 0.25) is 0 Å². The van der Waals surface area contributed by atoms with Gasteiger partial charge in [-0.1, -0.05) is 18.2 Å². The van der Waals surface area contributed by atoms with E-state index in [2.05, 4.69) is 41.4 Å². The normalized spacial score (nSPS) is 16.5. The summed E-state index contributed by atoms with van der Waals surface area (Å²) < 4.78 is 0. The van der Waals surface area contributed by atoms with Crippen molar-refractivity contribution in [1.82, 2.24) is 4.98 Å². The zero-order valence-corrected chi connectivity index (χ0v) is 9.22. The molecule has 17 heavy (non-hydrogen) atoms. The number of hydrogen-bond acceptors (Lipinski definition) is 2. The van der Waals surface area contributed by atoms with E-state index >= 15 is 0 Å². The number of pyridine rings is 1. The molecule has 2 aliphatic rings. The van der Waals surface area contributed by atoms with E-state index in [1.54, 1.807) is 0 Å². The van der Waals surface area contributed by atoms with Crippen molar-refractivity contribution in [1.29, 1.82) is 0 Å². The second-order valence-corrected chi connectivity index (χ2v) is 4.31. The van der Waals surface area contributed by atoms with Gasteiger partial charge in [0.25, 0.3) is 0 Å². The molecule has 1 aliphatic heterocycles. The van der Waals surface area contributed by atoms with Crippen molar-refractivity contribution < 1.29 is 0 Å². The maximum atomic E-state index is 4.73. The number of benzene rings is 1. The third-order valence-corrected chi connectivity index (χ3v) is 3.34. The van der Waals surface area contributed by atoms with Crippen LogP contribution in [-0.4, -0.2) is 4.98 Å². The minimum Gasteiger partial charge on any atom is -0.256 e. The second-order valence-electron chi connectivity index (χ2n) is 4.31. The van der Waals surface area contributed by atoms with Crippen molar-refractivity contribution in [3.8, 4) is 0 Å². The summed E-state index contributed by atoms with van der Waals surface area (Å²) in [5.74, 6) is 0. The molecule has 0 atom stereocenters. The van der Waals surface area contributed by atoms with Crippen LogP contribution in [0.1, 0.15) is 6.42 Å². The molecule has 2 heterocycles. The largest absolute Gasteiger partial charge is 0.256 e. The fourth-order valence-corrected chi connectivity index (χ4v) is 2.52. The summed E-state index contributed by atoms with van der Waals surface area (Å²) in [6.45, 7) is 0. The molecule has 0 N–H and O–H groups in total. The molecule has 1 aromatic heterocycles. The SMILES string of the molecule is C1=CCC2=c3ccc4ncccc4c3=NC2=C1. The molecule has 0 saturated heterocycles. The van der Waals surface area contributed by atoms with Gasteiger partial charge < -0.3 is 0 Å². The van der Waals surface area contributed by atoms with Crippen LogP contribution in [0.5, 0.6) is 0 Å². The molecule has 1 aromatic carbocycles. The van der Waals surface area contributed by atoms with E-state index in [-0.39, 0.29) is 0 Å².